The lowest BCUT2D eigenvalue weighted by Crippen LogP contribution is -2.65. The van der Waals surface area contributed by atoms with E-state index in [-0.39, 0.29) is 37.3 Å². The van der Waals surface area contributed by atoms with E-state index >= 15 is 0 Å². The second-order valence-electron chi connectivity index (χ2n) is 6.82. The molecule has 29 heavy (non-hydrogen) atoms. The number of aromatic nitrogens is 2. The number of aromatic amines is 2. The molecule has 0 spiro atoms. The number of nitrogens with zero attached hydrogens (tertiary/aromatic N) is 1. The van der Waals surface area contributed by atoms with Crippen molar-refractivity contribution >= 4 is 17.7 Å². The molecule has 0 atom stereocenters. The van der Waals surface area contributed by atoms with Gasteiger partial charge in [-0.1, -0.05) is 0 Å². The minimum absolute atomic E-state index is 0.106. The fraction of sp³-hybridized carbons (Fsp3) is 0.278. The molecule has 5 N–H and O–H groups in total. The van der Waals surface area contributed by atoms with E-state index in [0.29, 0.717) is 5.56 Å². The number of carbonyl (C=O) groups excluding carboxylic acids is 3. The van der Waals surface area contributed by atoms with Gasteiger partial charge in [-0.2, -0.15) is 0 Å². The van der Waals surface area contributed by atoms with Gasteiger partial charge in [-0.05, 0) is 24.3 Å². The molecule has 0 unspecified atom stereocenters. The van der Waals surface area contributed by atoms with E-state index in [1.54, 1.807) is 0 Å². The maximum Gasteiger partial charge on any atom is 0.325 e. The van der Waals surface area contributed by atoms with Crippen molar-refractivity contribution < 1.29 is 18.8 Å². The van der Waals surface area contributed by atoms with E-state index in [2.05, 4.69) is 10.3 Å². The first-order valence-electron chi connectivity index (χ1n) is 8.62. The van der Waals surface area contributed by atoms with Gasteiger partial charge in [0.2, 0.25) is 11.8 Å². The predicted molar refractivity (Wildman–Crippen MR) is 99.1 cm³/mol. The molecule has 3 amide bonds. The van der Waals surface area contributed by atoms with Crippen molar-refractivity contribution in [3.05, 3.63) is 68.0 Å². The zero-order valence-electron chi connectivity index (χ0n) is 15.2. The molecule has 1 aromatic carbocycles. The summed E-state index contributed by atoms with van der Waals surface area (Å²) in [5, 5.41) is 2.39. The number of rotatable bonds is 6. The Hall–Kier alpha value is -3.76. The van der Waals surface area contributed by atoms with Gasteiger partial charge >= 0.3 is 5.69 Å². The Morgan fingerprint density at radius 1 is 1.10 bits per heavy atom. The molecule has 2 heterocycles. The number of nitrogens with one attached hydrogen (secondary N) is 3. The Kier molecular flexibility index (Phi) is 5.31. The highest BCUT2D eigenvalue weighted by Gasteiger charge is 2.46. The van der Waals surface area contributed by atoms with E-state index in [1.807, 2.05) is 4.98 Å². The van der Waals surface area contributed by atoms with Gasteiger partial charge in [0.25, 0.3) is 11.5 Å². The van der Waals surface area contributed by atoms with Crippen LogP contribution in [0.25, 0.3) is 0 Å². The minimum atomic E-state index is -1.78. The molecule has 10 nitrogen and oxygen atoms in total. The highest BCUT2D eigenvalue weighted by Crippen LogP contribution is 2.26. The van der Waals surface area contributed by atoms with Crippen molar-refractivity contribution in [2.75, 3.05) is 19.6 Å². The summed E-state index contributed by atoms with van der Waals surface area (Å²) < 4.78 is 14.6. The summed E-state index contributed by atoms with van der Waals surface area (Å²) >= 11 is 0. The van der Waals surface area contributed by atoms with E-state index in [9.17, 15) is 28.4 Å². The summed E-state index contributed by atoms with van der Waals surface area (Å²) in [5.74, 6) is -1.59. The Bertz CT molecular complexity index is 1040. The first kappa shape index (κ1) is 20.0. The number of benzene rings is 1. The van der Waals surface area contributed by atoms with Crippen LogP contribution in [0.4, 0.5) is 4.39 Å². The highest BCUT2D eigenvalue weighted by molar-refractivity contribution is 5.97. The lowest BCUT2D eigenvalue weighted by molar-refractivity contribution is -0.122. The number of H-pyrrole nitrogens is 2. The van der Waals surface area contributed by atoms with Gasteiger partial charge in [0.05, 0.1) is 26.1 Å². The van der Waals surface area contributed by atoms with Crippen molar-refractivity contribution in [2.24, 2.45) is 5.73 Å². The molecule has 1 saturated heterocycles. The minimum Gasteiger partial charge on any atom is -0.366 e. The van der Waals surface area contributed by atoms with Crippen LogP contribution in [0, 0.1) is 0 Å². The highest BCUT2D eigenvalue weighted by atomic mass is 19.1. The molecule has 1 aliphatic heterocycles. The smallest absolute Gasteiger partial charge is 0.325 e. The maximum absolute atomic E-state index is 14.6. The fourth-order valence-electron chi connectivity index (χ4n) is 2.96. The van der Waals surface area contributed by atoms with Crippen molar-refractivity contribution in [3.8, 4) is 0 Å². The maximum atomic E-state index is 14.6. The van der Waals surface area contributed by atoms with Gasteiger partial charge in [0.1, 0.15) is 0 Å². The lowest BCUT2D eigenvalue weighted by atomic mass is 9.94. The largest absolute Gasteiger partial charge is 0.366 e. The summed E-state index contributed by atoms with van der Waals surface area (Å²) in [6.45, 7) is -0.722. The second kappa shape index (κ2) is 7.70. The quantitative estimate of drug-likeness (QED) is 0.470. The van der Waals surface area contributed by atoms with Crippen molar-refractivity contribution in [2.45, 2.75) is 12.1 Å². The SMILES string of the molecule is NC(=O)c1ccc(C(=O)N2CC(F)(CNC(=O)Cc3cc(=O)[nH]c(=O)[nH]3)C2)cc1. The molecule has 152 valence electrons. The van der Waals surface area contributed by atoms with E-state index < -0.39 is 34.6 Å². The van der Waals surface area contributed by atoms with Crippen LogP contribution in [-0.4, -0.2) is 57.9 Å². The van der Waals surface area contributed by atoms with Crippen LogP contribution in [0.15, 0.2) is 39.9 Å². The third-order valence-corrected chi connectivity index (χ3v) is 4.42. The summed E-state index contributed by atoms with van der Waals surface area (Å²) in [4.78, 5) is 63.2. The number of hydrogen-bond acceptors (Lipinski definition) is 5. The van der Waals surface area contributed by atoms with Crippen LogP contribution in [0.5, 0.6) is 0 Å². The number of primary amides is 1. The zero-order chi connectivity index (χ0) is 21.2. The third-order valence-electron chi connectivity index (χ3n) is 4.42. The van der Waals surface area contributed by atoms with Crippen LogP contribution in [0.3, 0.4) is 0 Å². The van der Waals surface area contributed by atoms with Gasteiger partial charge in [-0.25, -0.2) is 9.18 Å². The summed E-state index contributed by atoms with van der Waals surface area (Å²) in [5.41, 5.74) is 2.64. The molecule has 1 fully saturated rings. The van der Waals surface area contributed by atoms with E-state index in [4.69, 9.17) is 5.73 Å². The summed E-state index contributed by atoms with van der Waals surface area (Å²) in [7, 11) is 0. The summed E-state index contributed by atoms with van der Waals surface area (Å²) in [6, 6.07) is 6.77. The normalized spacial score (nSPS) is 14.7. The fourth-order valence-corrected chi connectivity index (χ4v) is 2.96. The Labute approximate surface area is 162 Å². The molecular weight excluding hydrogens is 385 g/mol. The van der Waals surface area contributed by atoms with Gasteiger partial charge < -0.3 is 20.9 Å². The van der Waals surface area contributed by atoms with Crippen molar-refractivity contribution in [3.63, 3.8) is 0 Å². The number of carbonyl (C=O) groups is 3. The molecule has 0 radical (unpaired) electrons. The first-order valence-corrected chi connectivity index (χ1v) is 8.62. The molecule has 2 aromatic rings. The van der Waals surface area contributed by atoms with Crippen LogP contribution >= 0.6 is 0 Å². The van der Waals surface area contributed by atoms with Gasteiger partial charge in [0, 0.05) is 22.9 Å². The predicted octanol–water partition coefficient (Wildman–Crippen LogP) is -1.31. The number of alkyl halides is 1. The van der Waals surface area contributed by atoms with E-state index in [1.165, 1.54) is 29.2 Å². The number of amides is 3. The number of halogens is 1. The molecule has 0 saturated carbocycles. The molecule has 0 bridgehead atoms. The number of nitrogens with two attached hydrogens (primary N) is 1. The van der Waals surface area contributed by atoms with Crippen LogP contribution < -0.4 is 22.3 Å². The second-order valence-corrected chi connectivity index (χ2v) is 6.82. The average Bonchev–Trinajstić information content (AvgIpc) is 2.63. The molecule has 1 aliphatic rings. The molecule has 11 heteroatoms. The summed E-state index contributed by atoms with van der Waals surface area (Å²) in [6.07, 6.45) is -0.288. The van der Waals surface area contributed by atoms with E-state index in [0.717, 1.165) is 6.07 Å². The lowest BCUT2D eigenvalue weighted by Gasteiger charge is -2.44. The van der Waals surface area contributed by atoms with Gasteiger partial charge in [0.15, 0.2) is 5.67 Å². The first-order chi connectivity index (χ1) is 13.6. The van der Waals surface area contributed by atoms with Gasteiger partial charge in [-0.15, -0.1) is 0 Å². The van der Waals surface area contributed by atoms with Crippen LogP contribution in [0.2, 0.25) is 0 Å². The topological polar surface area (TPSA) is 158 Å². The Morgan fingerprint density at radius 2 is 1.72 bits per heavy atom. The van der Waals surface area contributed by atoms with Crippen LogP contribution in [0.1, 0.15) is 26.4 Å². The zero-order valence-corrected chi connectivity index (χ0v) is 15.2. The standard InChI is InChI=1S/C18H18FN5O5/c19-18(7-21-13(25)5-12-6-14(26)23-17(29)22-12)8-24(9-18)16(28)11-3-1-10(2-4-11)15(20)27/h1-4,6H,5,7-9H2,(H2,20,27)(H,21,25)(H2,22,23,26,29). The van der Waals surface area contributed by atoms with Crippen molar-refractivity contribution in [1.29, 1.82) is 0 Å². The monoisotopic (exact) mass is 403 g/mol. The Morgan fingerprint density at radius 3 is 2.31 bits per heavy atom. The molecule has 3 rings (SSSR count). The number of likely N-dealkylation sites (tertiary alicyclic amines) is 1. The van der Waals surface area contributed by atoms with Crippen molar-refractivity contribution in [1.82, 2.24) is 20.2 Å². The van der Waals surface area contributed by atoms with Gasteiger partial charge in [-0.3, -0.25) is 24.2 Å². The molecule has 1 aromatic heterocycles. The Balaban J connectivity index is 1.50. The third kappa shape index (κ3) is 4.75. The molecular formula is C18H18FN5O5. The average molecular weight is 403 g/mol. The van der Waals surface area contributed by atoms with Crippen LogP contribution in [-0.2, 0) is 11.2 Å². The molecule has 0 aliphatic carbocycles. The number of hydrogen-bond donors (Lipinski definition) is 4.